The molecule has 0 spiro atoms. The number of aromatic nitrogens is 2. The van der Waals surface area contributed by atoms with Crippen molar-refractivity contribution in [3.05, 3.63) is 42.0 Å². The van der Waals surface area contributed by atoms with E-state index in [2.05, 4.69) is 40.8 Å². The monoisotopic (exact) mass is 403 g/mol. The SMILES string of the molecule is CCc1ccc(S(=O)(=O)N2CCN(c3ccc(N(CC)CC)nn3)CC2)cc1. The zero-order valence-electron chi connectivity index (χ0n) is 16.9. The molecule has 0 bridgehead atoms. The maximum absolute atomic E-state index is 12.9. The van der Waals surface area contributed by atoms with Crippen molar-refractivity contribution in [2.75, 3.05) is 49.1 Å². The summed E-state index contributed by atoms with van der Waals surface area (Å²) in [4.78, 5) is 4.59. The highest BCUT2D eigenvalue weighted by Crippen LogP contribution is 2.21. The van der Waals surface area contributed by atoms with Gasteiger partial charge in [0.05, 0.1) is 4.90 Å². The van der Waals surface area contributed by atoms with Crippen LogP contribution in [0.3, 0.4) is 0 Å². The molecule has 2 heterocycles. The van der Waals surface area contributed by atoms with Gasteiger partial charge in [-0.15, -0.1) is 10.2 Å². The molecule has 1 aromatic heterocycles. The van der Waals surface area contributed by atoms with Crippen LogP contribution in [-0.2, 0) is 16.4 Å². The van der Waals surface area contributed by atoms with Gasteiger partial charge in [0.1, 0.15) is 0 Å². The lowest BCUT2D eigenvalue weighted by Gasteiger charge is -2.34. The normalized spacial score (nSPS) is 15.6. The van der Waals surface area contributed by atoms with Gasteiger partial charge >= 0.3 is 0 Å². The summed E-state index contributed by atoms with van der Waals surface area (Å²) in [5.41, 5.74) is 1.13. The molecule has 0 aliphatic carbocycles. The molecule has 1 aliphatic rings. The fourth-order valence-corrected chi connectivity index (χ4v) is 4.83. The maximum Gasteiger partial charge on any atom is 0.243 e. The summed E-state index contributed by atoms with van der Waals surface area (Å²) in [6.45, 7) is 10.1. The quantitative estimate of drug-likeness (QED) is 0.707. The van der Waals surface area contributed by atoms with E-state index >= 15 is 0 Å². The third-order valence-electron chi connectivity index (χ3n) is 5.26. The third kappa shape index (κ3) is 4.28. The van der Waals surface area contributed by atoms with Crippen LogP contribution >= 0.6 is 0 Å². The largest absolute Gasteiger partial charge is 0.356 e. The maximum atomic E-state index is 12.9. The van der Waals surface area contributed by atoms with Gasteiger partial charge in [-0.3, -0.25) is 0 Å². The molecule has 8 heteroatoms. The highest BCUT2D eigenvalue weighted by atomic mass is 32.2. The molecular formula is C20H29N5O2S. The molecule has 0 unspecified atom stereocenters. The van der Waals surface area contributed by atoms with E-state index in [4.69, 9.17) is 0 Å². The van der Waals surface area contributed by atoms with Crippen molar-refractivity contribution in [3.63, 3.8) is 0 Å². The summed E-state index contributed by atoms with van der Waals surface area (Å²) >= 11 is 0. The van der Waals surface area contributed by atoms with Crippen molar-refractivity contribution in [1.29, 1.82) is 0 Å². The number of hydrogen-bond acceptors (Lipinski definition) is 6. The molecule has 152 valence electrons. The lowest BCUT2D eigenvalue weighted by Crippen LogP contribution is -2.49. The van der Waals surface area contributed by atoms with Gasteiger partial charge in [-0.25, -0.2) is 8.42 Å². The highest BCUT2D eigenvalue weighted by Gasteiger charge is 2.29. The minimum atomic E-state index is -3.45. The van der Waals surface area contributed by atoms with E-state index in [1.807, 2.05) is 24.3 Å². The van der Waals surface area contributed by atoms with Crippen LogP contribution in [0.1, 0.15) is 26.3 Å². The molecule has 1 saturated heterocycles. The van der Waals surface area contributed by atoms with Gasteiger partial charge in [-0.2, -0.15) is 4.31 Å². The van der Waals surface area contributed by atoms with Crippen LogP contribution in [-0.4, -0.2) is 62.2 Å². The van der Waals surface area contributed by atoms with Crippen LogP contribution in [0, 0.1) is 0 Å². The number of aryl methyl sites for hydroxylation is 1. The Kier molecular flexibility index (Phi) is 6.51. The number of sulfonamides is 1. The van der Waals surface area contributed by atoms with Crippen molar-refractivity contribution < 1.29 is 8.42 Å². The summed E-state index contributed by atoms with van der Waals surface area (Å²) in [6.07, 6.45) is 0.896. The first-order chi connectivity index (χ1) is 13.5. The van der Waals surface area contributed by atoms with E-state index in [1.165, 1.54) is 0 Å². The topological polar surface area (TPSA) is 69.6 Å². The van der Waals surface area contributed by atoms with Crippen molar-refractivity contribution in [2.24, 2.45) is 0 Å². The lowest BCUT2D eigenvalue weighted by molar-refractivity contribution is 0.383. The average molecular weight is 404 g/mol. The van der Waals surface area contributed by atoms with E-state index in [0.717, 1.165) is 36.7 Å². The number of benzene rings is 1. The van der Waals surface area contributed by atoms with Gasteiger partial charge in [-0.1, -0.05) is 19.1 Å². The predicted octanol–water partition coefficient (Wildman–Crippen LogP) is 2.40. The van der Waals surface area contributed by atoms with Crippen LogP contribution in [0.4, 0.5) is 11.6 Å². The van der Waals surface area contributed by atoms with Gasteiger partial charge in [0.25, 0.3) is 0 Å². The van der Waals surface area contributed by atoms with Gasteiger partial charge in [0.15, 0.2) is 11.6 Å². The van der Waals surface area contributed by atoms with E-state index in [1.54, 1.807) is 16.4 Å². The zero-order valence-corrected chi connectivity index (χ0v) is 17.7. The molecule has 1 aromatic carbocycles. The van der Waals surface area contributed by atoms with E-state index in [-0.39, 0.29) is 0 Å². The van der Waals surface area contributed by atoms with E-state index in [0.29, 0.717) is 31.1 Å². The minimum Gasteiger partial charge on any atom is -0.356 e. The number of hydrogen-bond donors (Lipinski definition) is 0. The number of piperazine rings is 1. The first kappa shape index (κ1) is 20.5. The standard InChI is InChI=1S/C20H29N5O2S/c1-4-17-7-9-18(10-8-17)28(26,27)25-15-13-24(14-16-25)20-12-11-19(21-22-20)23(5-2)6-3/h7-12H,4-6,13-16H2,1-3H3. The third-order valence-corrected chi connectivity index (χ3v) is 7.17. The molecule has 2 aromatic rings. The molecule has 1 fully saturated rings. The van der Waals surface area contributed by atoms with Crippen LogP contribution in [0.15, 0.2) is 41.3 Å². The Bertz CT molecular complexity index is 856. The molecule has 0 atom stereocenters. The van der Waals surface area contributed by atoms with Crippen LogP contribution in [0.25, 0.3) is 0 Å². The van der Waals surface area contributed by atoms with Gasteiger partial charge in [0.2, 0.25) is 10.0 Å². The molecule has 0 radical (unpaired) electrons. The molecule has 28 heavy (non-hydrogen) atoms. The second-order valence-electron chi connectivity index (χ2n) is 6.81. The Morgan fingerprint density at radius 1 is 0.893 bits per heavy atom. The van der Waals surface area contributed by atoms with Gasteiger partial charge in [0, 0.05) is 39.3 Å². The Morgan fingerprint density at radius 2 is 1.54 bits per heavy atom. The average Bonchev–Trinajstić information content (AvgIpc) is 2.75. The van der Waals surface area contributed by atoms with Crippen LogP contribution in [0.5, 0.6) is 0 Å². The first-order valence-corrected chi connectivity index (χ1v) is 11.4. The Morgan fingerprint density at radius 3 is 2.04 bits per heavy atom. The molecule has 0 N–H and O–H groups in total. The van der Waals surface area contributed by atoms with Crippen LogP contribution < -0.4 is 9.80 Å². The summed E-state index contributed by atoms with van der Waals surface area (Å²) in [7, 11) is -3.45. The molecule has 3 rings (SSSR count). The lowest BCUT2D eigenvalue weighted by atomic mass is 10.2. The fraction of sp³-hybridized carbons (Fsp3) is 0.500. The van der Waals surface area contributed by atoms with E-state index < -0.39 is 10.0 Å². The molecular weight excluding hydrogens is 374 g/mol. The number of rotatable bonds is 7. The molecule has 7 nitrogen and oxygen atoms in total. The van der Waals surface area contributed by atoms with Crippen molar-refractivity contribution in [1.82, 2.24) is 14.5 Å². The fourth-order valence-electron chi connectivity index (χ4n) is 3.41. The van der Waals surface area contributed by atoms with Crippen molar-refractivity contribution in [3.8, 4) is 0 Å². The summed E-state index contributed by atoms with van der Waals surface area (Å²) < 4.78 is 27.3. The summed E-state index contributed by atoms with van der Waals surface area (Å²) in [6, 6.07) is 11.1. The Hall–Kier alpha value is -2.19. The summed E-state index contributed by atoms with van der Waals surface area (Å²) in [5.74, 6) is 1.66. The smallest absolute Gasteiger partial charge is 0.243 e. The van der Waals surface area contributed by atoms with Crippen molar-refractivity contribution >= 4 is 21.7 Å². The summed E-state index contributed by atoms with van der Waals surface area (Å²) in [5, 5.41) is 8.68. The number of anilines is 2. The van der Waals surface area contributed by atoms with Gasteiger partial charge in [-0.05, 0) is 50.1 Å². The van der Waals surface area contributed by atoms with Crippen molar-refractivity contribution in [2.45, 2.75) is 32.1 Å². The highest BCUT2D eigenvalue weighted by molar-refractivity contribution is 7.89. The van der Waals surface area contributed by atoms with Gasteiger partial charge < -0.3 is 9.80 Å². The predicted molar refractivity (Wildman–Crippen MR) is 112 cm³/mol. The molecule has 0 amide bonds. The second-order valence-corrected chi connectivity index (χ2v) is 8.75. The van der Waals surface area contributed by atoms with E-state index in [9.17, 15) is 8.42 Å². The molecule has 0 saturated carbocycles. The second kappa shape index (κ2) is 8.87. The Balaban J connectivity index is 1.65. The molecule has 1 aliphatic heterocycles. The van der Waals surface area contributed by atoms with Crippen LogP contribution in [0.2, 0.25) is 0 Å². The first-order valence-electron chi connectivity index (χ1n) is 9.92. The minimum absolute atomic E-state index is 0.363. The Labute approximate surface area is 168 Å². The number of nitrogens with zero attached hydrogens (tertiary/aromatic N) is 5. The zero-order chi connectivity index (χ0) is 20.1.